The van der Waals surface area contributed by atoms with E-state index in [2.05, 4.69) is 10.2 Å². The summed E-state index contributed by atoms with van der Waals surface area (Å²) in [7, 11) is 0. The molecule has 3 aliphatic rings. The number of hydrogen-bond acceptors (Lipinski definition) is 3. The summed E-state index contributed by atoms with van der Waals surface area (Å²) in [6, 6.07) is 4.44. The van der Waals surface area contributed by atoms with Gasteiger partial charge >= 0.3 is 0 Å². The van der Waals surface area contributed by atoms with E-state index in [0.29, 0.717) is 18.7 Å². The second-order valence-electron chi connectivity index (χ2n) is 8.18. The fourth-order valence-corrected chi connectivity index (χ4v) is 4.71. The molecule has 0 bridgehead atoms. The minimum Gasteiger partial charge on any atom is -0.348 e. The summed E-state index contributed by atoms with van der Waals surface area (Å²) >= 11 is 0. The number of carbonyl (C=O) groups excluding carboxylic acids is 2. The van der Waals surface area contributed by atoms with Crippen molar-refractivity contribution in [1.29, 1.82) is 0 Å². The second kappa shape index (κ2) is 7.97. The third kappa shape index (κ3) is 4.15. The summed E-state index contributed by atoms with van der Waals surface area (Å²) in [5.41, 5.74) is 0.639. The molecule has 2 heterocycles. The fourth-order valence-electron chi connectivity index (χ4n) is 4.71. The average molecular weight is 373 g/mol. The lowest BCUT2D eigenvalue weighted by molar-refractivity contribution is -0.117. The standard InChI is InChI=1S/C21H28FN3O2/c22-19-8-7-17(25-10-3-6-20(25)26)12-18(19)21(27)23-16-9-11-24(14-16)13-15-4-1-2-5-15/h7-8,12,15-16H,1-6,9-11,13-14H2,(H,23,27)/t16-/m1/s1. The molecule has 2 amide bonds. The van der Waals surface area contributed by atoms with E-state index in [1.54, 1.807) is 11.0 Å². The Morgan fingerprint density at radius 3 is 2.70 bits per heavy atom. The van der Waals surface area contributed by atoms with E-state index in [0.717, 1.165) is 38.4 Å². The van der Waals surface area contributed by atoms with E-state index in [1.807, 2.05) is 0 Å². The molecule has 0 aromatic heterocycles. The molecule has 3 fully saturated rings. The van der Waals surface area contributed by atoms with Crippen LogP contribution in [0.5, 0.6) is 0 Å². The lowest BCUT2D eigenvalue weighted by atomic mass is 10.1. The van der Waals surface area contributed by atoms with E-state index < -0.39 is 5.82 Å². The van der Waals surface area contributed by atoms with Crippen LogP contribution in [0.4, 0.5) is 10.1 Å². The zero-order valence-electron chi connectivity index (χ0n) is 15.8. The quantitative estimate of drug-likeness (QED) is 0.863. The summed E-state index contributed by atoms with van der Waals surface area (Å²) in [5.74, 6) is -0.0877. The molecule has 2 saturated heterocycles. The Hall–Kier alpha value is -1.95. The predicted molar refractivity (Wildman–Crippen MR) is 102 cm³/mol. The molecule has 0 unspecified atom stereocenters. The summed E-state index contributed by atoms with van der Waals surface area (Å²) in [5, 5.41) is 3.00. The van der Waals surface area contributed by atoms with Crippen molar-refractivity contribution >= 4 is 17.5 Å². The van der Waals surface area contributed by atoms with E-state index >= 15 is 0 Å². The first-order chi connectivity index (χ1) is 13.1. The number of halogens is 1. The van der Waals surface area contributed by atoms with E-state index in [-0.39, 0.29) is 23.4 Å². The van der Waals surface area contributed by atoms with Gasteiger partial charge in [0, 0.05) is 44.3 Å². The number of rotatable bonds is 5. The van der Waals surface area contributed by atoms with Crippen molar-refractivity contribution in [1.82, 2.24) is 10.2 Å². The van der Waals surface area contributed by atoms with Crippen molar-refractivity contribution in [3.63, 3.8) is 0 Å². The predicted octanol–water partition coefficient (Wildman–Crippen LogP) is 2.95. The largest absolute Gasteiger partial charge is 0.348 e. The van der Waals surface area contributed by atoms with Crippen molar-refractivity contribution in [3.05, 3.63) is 29.6 Å². The molecule has 1 atom stereocenters. The molecule has 146 valence electrons. The molecule has 1 saturated carbocycles. The van der Waals surface area contributed by atoms with Crippen LogP contribution in [0.2, 0.25) is 0 Å². The van der Waals surface area contributed by atoms with Gasteiger partial charge in [0.15, 0.2) is 0 Å². The summed E-state index contributed by atoms with van der Waals surface area (Å²) in [6.07, 6.45) is 7.54. The van der Waals surface area contributed by atoms with Gasteiger partial charge in [-0.1, -0.05) is 12.8 Å². The van der Waals surface area contributed by atoms with Crippen LogP contribution in [-0.2, 0) is 4.79 Å². The lowest BCUT2D eigenvalue weighted by Crippen LogP contribution is -2.38. The van der Waals surface area contributed by atoms with E-state index in [1.165, 1.54) is 37.8 Å². The van der Waals surface area contributed by atoms with Crippen molar-refractivity contribution in [2.24, 2.45) is 5.92 Å². The van der Waals surface area contributed by atoms with Gasteiger partial charge in [-0.2, -0.15) is 0 Å². The van der Waals surface area contributed by atoms with Gasteiger partial charge in [0.05, 0.1) is 5.56 Å². The number of nitrogens with one attached hydrogen (secondary N) is 1. The van der Waals surface area contributed by atoms with Crippen molar-refractivity contribution in [2.75, 3.05) is 31.1 Å². The molecule has 5 nitrogen and oxygen atoms in total. The van der Waals surface area contributed by atoms with Crippen LogP contribution in [0, 0.1) is 11.7 Å². The highest BCUT2D eigenvalue weighted by atomic mass is 19.1. The molecule has 2 aliphatic heterocycles. The van der Waals surface area contributed by atoms with Gasteiger partial charge in [0.2, 0.25) is 5.91 Å². The van der Waals surface area contributed by atoms with Crippen LogP contribution in [0.25, 0.3) is 0 Å². The Morgan fingerprint density at radius 1 is 1.15 bits per heavy atom. The number of nitrogens with zero attached hydrogens (tertiary/aromatic N) is 2. The normalized spacial score (nSPS) is 24.1. The molecular formula is C21H28FN3O2. The molecule has 0 radical (unpaired) electrons. The molecule has 1 aliphatic carbocycles. The van der Waals surface area contributed by atoms with Gasteiger partial charge in [-0.05, 0) is 49.8 Å². The monoisotopic (exact) mass is 373 g/mol. The highest BCUT2D eigenvalue weighted by Gasteiger charge is 2.28. The number of carbonyl (C=O) groups is 2. The van der Waals surface area contributed by atoms with Crippen LogP contribution >= 0.6 is 0 Å². The Bertz CT molecular complexity index is 717. The van der Waals surface area contributed by atoms with Crippen molar-refractivity contribution in [3.8, 4) is 0 Å². The van der Waals surface area contributed by atoms with E-state index in [9.17, 15) is 14.0 Å². The van der Waals surface area contributed by atoms with Crippen LogP contribution in [0.3, 0.4) is 0 Å². The Labute approximate surface area is 159 Å². The number of anilines is 1. The smallest absolute Gasteiger partial charge is 0.254 e. The molecule has 27 heavy (non-hydrogen) atoms. The first-order valence-corrected chi connectivity index (χ1v) is 10.2. The lowest BCUT2D eigenvalue weighted by Gasteiger charge is -2.21. The molecule has 4 rings (SSSR count). The zero-order valence-corrected chi connectivity index (χ0v) is 15.8. The summed E-state index contributed by atoms with van der Waals surface area (Å²) < 4.78 is 14.3. The maximum Gasteiger partial charge on any atom is 0.254 e. The van der Waals surface area contributed by atoms with Crippen LogP contribution in [0.15, 0.2) is 18.2 Å². The minimum atomic E-state index is -0.538. The van der Waals surface area contributed by atoms with Gasteiger partial charge in [0.1, 0.15) is 5.82 Å². The van der Waals surface area contributed by atoms with Crippen LogP contribution < -0.4 is 10.2 Å². The van der Waals surface area contributed by atoms with Crippen molar-refractivity contribution in [2.45, 2.75) is 51.0 Å². The molecule has 0 spiro atoms. The van der Waals surface area contributed by atoms with Crippen molar-refractivity contribution < 1.29 is 14.0 Å². The Balaban J connectivity index is 1.37. The van der Waals surface area contributed by atoms with Gasteiger partial charge in [0.25, 0.3) is 5.91 Å². The molecule has 1 aromatic rings. The van der Waals surface area contributed by atoms with Gasteiger partial charge in [-0.25, -0.2) is 4.39 Å². The first-order valence-electron chi connectivity index (χ1n) is 10.2. The Kier molecular flexibility index (Phi) is 5.43. The van der Waals surface area contributed by atoms with Gasteiger partial charge < -0.3 is 15.1 Å². The molecule has 1 aromatic carbocycles. The fraction of sp³-hybridized carbons (Fsp3) is 0.619. The maximum absolute atomic E-state index is 14.3. The molecular weight excluding hydrogens is 345 g/mol. The van der Waals surface area contributed by atoms with E-state index in [4.69, 9.17) is 0 Å². The highest BCUT2D eigenvalue weighted by molar-refractivity contribution is 5.99. The third-order valence-electron chi connectivity index (χ3n) is 6.18. The molecule has 6 heteroatoms. The second-order valence-corrected chi connectivity index (χ2v) is 8.18. The van der Waals surface area contributed by atoms with Crippen LogP contribution in [-0.4, -0.2) is 48.9 Å². The topological polar surface area (TPSA) is 52.7 Å². The average Bonchev–Trinajstić information content (AvgIpc) is 3.39. The number of likely N-dealkylation sites (tertiary alicyclic amines) is 1. The Morgan fingerprint density at radius 2 is 1.96 bits per heavy atom. The van der Waals surface area contributed by atoms with Gasteiger partial charge in [-0.3, -0.25) is 9.59 Å². The molecule has 1 N–H and O–H groups in total. The number of benzene rings is 1. The number of amides is 2. The third-order valence-corrected chi connectivity index (χ3v) is 6.18. The van der Waals surface area contributed by atoms with Gasteiger partial charge in [-0.15, -0.1) is 0 Å². The summed E-state index contributed by atoms with van der Waals surface area (Å²) in [4.78, 5) is 28.6. The first kappa shape index (κ1) is 18.4. The summed E-state index contributed by atoms with van der Waals surface area (Å²) in [6.45, 7) is 3.58. The maximum atomic E-state index is 14.3. The number of hydrogen-bond donors (Lipinski definition) is 1. The zero-order chi connectivity index (χ0) is 18.8. The highest BCUT2D eigenvalue weighted by Crippen LogP contribution is 2.27. The SMILES string of the molecule is O=C(N[C@@H]1CCN(CC2CCCC2)C1)c1cc(N2CCCC2=O)ccc1F. The van der Waals surface area contributed by atoms with Crippen LogP contribution in [0.1, 0.15) is 55.3 Å². The minimum absolute atomic E-state index is 0.0291.